The molecular formula is C13H17BrN2O2. The molecule has 1 heterocycles. The highest BCUT2D eigenvalue weighted by Crippen LogP contribution is 2.27. The number of nitrogens with one attached hydrogen (secondary N) is 1. The Kier molecular flexibility index (Phi) is 4.04. The number of halogens is 1. The zero-order chi connectivity index (χ0) is 13.3. The number of anilines is 1. The summed E-state index contributed by atoms with van der Waals surface area (Å²) in [5.74, 6) is -0.0679. The van der Waals surface area contributed by atoms with Crippen LogP contribution in [0.4, 0.5) is 5.69 Å². The van der Waals surface area contributed by atoms with E-state index in [1.54, 1.807) is 4.90 Å². The number of amides is 1. The van der Waals surface area contributed by atoms with E-state index in [1.807, 2.05) is 32.0 Å². The van der Waals surface area contributed by atoms with Gasteiger partial charge < -0.3 is 15.3 Å². The molecule has 2 N–H and O–H groups in total. The first-order valence-electron chi connectivity index (χ1n) is 5.98. The lowest BCUT2D eigenvalue weighted by Crippen LogP contribution is -2.61. The first kappa shape index (κ1) is 13.5. The molecule has 1 saturated heterocycles. The van der Waals surface area contributed by atoms with Gasteiger partial charge in [-0.3, -0.25) is 4.79 Å². The number of rotatable bonds is 2. The molecular weight excluding hydrogens is 296 g/mol. The van der Waals surface area contributed by atoms with Crippen LogP contribution in [0.25, 0.3) is 0 Å². The van der Waals surface area contributed by atoms with Crippen molar-refractivity contribution in [3.63, 3.8) is 0 Å². The normalized spacial score (nSPS) is 24.4. The second-order valence-corrected chi connectivity index (χ2v) is 5.55. The van der Waals surface area contributed by atoms with Crippen LogP contribution >= 0.6 is 15.9 Å². The lowest BCUT2D eigenvalue weighted by Gasteiger charge is -2.38. The summed E-state index contributed by atoms with van der Waals surface area (Å²) in [6.07, 6.45) is 0. The maximum Gasteiger partial charge on any atom is 0.246 e. The molecule has 0 aromatic heterocycles. The summed E-state index contributed by atoms with van der Waals surface area (Å²) in [6.45, 7) is 4.50. The molecule has 0 spiro atoms. The minimum Gasteiger partial charge on any atom is -0.394 e. The van der Waals surface area contributed by atoms with E-state index < -0.39 is 6.04 Å². The van der Waals surface area contributed by atoms with Gasteiger partial charge in [0.05, 0.1) is 6.61 Å². The van der Waals surface area contributed by atoms with Crippen LogP contribution in [0.1, 0.15) is 12.5 Å². The van der Waals surface area contributed by atoms with Gasteiger partial charge in [-0.25, -0.2) is 0 Å². The van der Waals surface area contributed by atoms with Gasteiger partial charge in [-0.1, -0.05) is 15.9 Å². The third-order valence-electron chi connectivity index (χ3n) is 3.24. The molecule has 0 bridgehead atoms. The SMILES string of the molecule is Cc1cc(Br)ccc1N1C(=O)C(CO)NCC1C. The summed E-state index contributed by atoms with van der Waals surface area (Å²) in [7, 11) is 0. The third kappa shape index (κ3) is 2.43. The van der Waals surface area contributed by atoms with Crippen LogP contribution in [0, 0.1) is 6.92 Å². The van der Waals surface area contributed by atoms with Crippen LogP contribution in [0.15, 0.2) is 22.7 Å². The standard InChI is InChI=1S/C13H17BrN2O2/c1-8-5-10(14)3-4-12(8)16-9(2)6-15-11(7-17)13(16)18/h3-5,9,11,15,17H,6-7H2,1-2H3. The van der Waals surface area contributed by atoms with Gasteiger partial charge in [-0.2, -0.15) is 0 Å². The van der Waals surface area contributed by atoms with Crippen LogP contribution < -0.4 is 10.2 Å². The average Bonchev–Trinajstić information content (AvgIpc) is 2.32. The Hall–Kier alpha value is -0.910. The van der Waals surface area contributed by atoms with Crippen molar-refractivity contribution in [2.75, 3.05) is 18.1 Å². The van der Waals surface area contributed by atoms with Crippen LogP contribution in [0.3, 0.4) is 0 Å². The molecule has 1 aliphatic rings. The number of piperazine rings is 1. The molecule has 0 aliphatic carbocycles. The highest BCUT2D eigenvalue weighted by molar-refractivity contribution is 9.10. The molecule has 1 aliphatic heterocycles. The van der Waals surface area contributed by atoms with Gasteiger partial charge in [0.15, 0.2) is 0 Å². The summed E-state index contributed by atoms with van der Waals surface area (Å²) in [5, 5.41) is 12.3. The minimum atomic E-state index is -0.496. The van der Waals surface area contributed by atoms with Crippen LogP contribution in [-0.4, -0.2) is 36.2 Å². The Morgan fingerprint density at radius 3 is 2.89 bits per heavy atom. The number of carbonyl (C=O) groups excluding carboxylic acids is 1. The molecule has 1 amide bonds. The topological polar surface area (TPSA) is 52.6 Å². The number of aryl methyl sites for hydroxylation is 1. The van der Waals surface area contributed by atoms with E-state index in [1.165, 1.54) is 0 Å². The highest BCUT2D eigenvalue weighted by atomic mass is 79.9. The van der Waals surface area contributed by atoms with Crippen LogP contribution in [0.5, 0.6) is 0 Å². The molecule has 1 fully saturated rings. The van der Waals surface area contributed by atoms with Gasteiger partial charge in [0.25, 0.3) is 0 Å². The first-order valence-corrected chi connectivity index (χ1v) is 6.77. The number of benzene rings is 1. The predicted molar refractivity (Wildman–Crippen MR) is 74.7 cm³/mol. The lowest BCUT2D eigenvalue weighted by molar-refractivity contribution is -0.123. The van der Waals surface area contributed by atoms with Crippen molar-refractivity contribution in [1.29, 1.82) is 0 Å². The van der Waals surface area contributed by atoms with Gasteiger partial charge in [0.2, 0.25) is 5.91 Å². The fourth-order valence-electron chi connectivity index (χ4n) is 2.26. The number of hydrogen-bond acceptors (Lipinski definition) is 3. The van der Waals surface area contributed by atoms with Crippen molar-refractivity contribution >= 4 is 27.5 Å². The van der Waals surface area contributed by atoms with Crippen molar-refractivity contribution in [2.45, 2.75) is 25.9 Å². The average molecular weight is 313 g/mol. The zero-order valence-electron chi connectivity index (χ0n) is 10.5. The van der Waals surface area contributed by atoms with Crippen molar-refractivity contribution in [2.24, 2.45) is 0 Å². The number of hydrogen-bond donors (Lipinski definition) is 2. The maximum absolute atomic E-state index is 12.3. The summed E-state index contributed by atoms with van der Waals surface area (Å²) in [6, 6.07) is 5.45. The summed E-state index contributed by atoms with van der Waals surface area (Å²) in [5.41, 5.74) is 1.96. The lowest BCUT2D eigenvalue weighted by atomic mass is 10.1. The fourth-order valence-corrected chi connectivity index (χ4v) is 2.74. The minimum absolute atomic E-state index is 0.0679. The van der Waals surface area contributed by atoms with E-state index in [2.05, 4.69) is 21.2 Å². The maximum atomic E-state index is 12.3. The van der Waals surface area contributed by atoms with E-state index in [-0.39, 0.29) is 18.6 Å². The van der Waals surface area contributed by atoms with Crippen molar-refractivity contribution in [1.82, 2.24) is 5.32 Å². The fraction of sp³-hybridized carbons (Fsp3) is 0.462. The summed E-state index contributed by atoms with van der Waals surface area (Å²) >= 11 is 3.42. The van der Waals surface area contributed by atoms with Gasteiger partial charge in [-0.15, -0.1) is 0 Å². The zero-order valence-corrected chi connectivity index (χ0v) is 12.1. The largest absolute Gasteiger partial charge is 0.394 e. The Labute approximate surface area is 115 Å². The number of aliphatic hydroxyl groups is 1. The molecule has 2 unspecified atom stereocenters. The van der Waals surface area contributed by atoms with Gasteiger partial charge >= 0.3 is 0 Å². The molecule has 1 aromatic rings. The molecule has 18 heavy (non-hydrogen) atoms. The predicted octanol–water partition coefficient (Wildman–Crippen LogP) is 1.44. The van der Waals surface area contributed by atoms with Crippen molar-refractivity contribution < 1.29 is 9.90 Å². The molecule has 4 nitrogen and oxygen atoms in total. The molecule has 98 valence electrons. The van der Waals surface area contributed by atoms with E-state index in [0.29, 0.717) is 6.54 Å². The Balaban J connectivity index is 2.37. The van der Waals surface area contributed by atoms with Crippen LogP contribution in [-0.2, 0) is 4.79 Å². The Bertz CT molecular complexity index is 464. The Morgan fingerprint density at radius 1 is 1.56 bits per heavy atom. The molecule has 2 rings (SSSR count). The smallest absolute Gasteiger partial charge is 0.246 e. The summed E-state index contributed by atoms with van der Waals surface area (Å²) in [4.78, 5) is 14.1. The van der Waals surface area contributed by atoms with E-state index in [9.17, 15) is 9.90 Å². The number of carbonyl (C=O) groups is 1. The quantitative estimate of drug-likeness (QED) is 0.869. The third-order valence-corrected chi connectivity index (χ3v) is 3.73. The second kappa shape index (κ2) is 5.38. The molecule has 0 saturated carbocycles. The summed E-state index contributed by atoms with van der Waals surface area (Å²) < 4.78 is 0.998. The van der Waals surface area contributed by atoms with Crippen molar-refractivity contribution in [3.05, 3.63) is 28.2 Å². The molecule has 2 atom stereocenters. The van der Waals surface area contributed by atoms with E-state index in [0.717, 1.165) is 15.7 Å². The van der Waals surface area contributed by atoms with E-state index >= 15 is 0 Å². The molecule has 5 heteroatoms. The first-order chi connectivity index (χ1) is 8.54. The second-order valence-electron chi connectivity index (χ2n) is 4.63. The van der Waals surface area contributed by atoms with Gasteiger partial charge in [0, 0.05) is 22.7 Å². The van der Waals surface area contributed by atoms with Gasteiger partial charge in [-0.05, 0) is 37.6 Å². The Morgan fingerprint density at radius 2 is 2.28 bits per heavy atom. The molecule has 0 radical (unpaired) electrons. The number of aliphatic hydroxyl groups excluding tert-OH is 1. The monoisotopic (exact) mass is 312 g/mol. The highest BCUT2D eigenvalue weighted by Gasteiger charge is 2.33. The van der Waals surface area contributed by atoms with E-state index in [4.69, 9.17) is 0 Å². The molecule has 1 aromatic carbocycles. The van der Waals surface area contributed by atoms with Crippen LogP contribution in [0.2, 0.25) is 0 Å². The van der Waals surface area contributed by atoms with Crippen molar-refractivity contribution in [3.8, 4) is 0 Å². The van der Waals surface area contributed by atoms with Gasteiger partial charge in [0.1, 0.15) is 6.04 Å². The number of nitrogens with zero attached hydrogens (tertiary/aromatic N) is 1.